The van der Waals surface area contributed by atoms with Crippen LogP contribution < -0.4 is 10.1 Å². The number of thiazole rings is 1. The molecule has 0 bridgehead atoms. The summed E-state index contributed by atoms with van der Waals surface area (Å²) >= 11 is 1.55. The van der Waals surface area contributed by atoms with E-state index in [1.165, 1.54) is 5.56 Å². The van der Waals surface area contributed by atoms with Gasteiger partial charge in [0.25, 0.3) is 5.19 Å². The van der Waals surface area contributed by atoms with E-state index in [9.17, 15) is 5.11 Å². The number of rotatable bonds is 7. The van der Waals surface area contributed by atoms with Crippen molar-refractivity contribution in [1.82, 2.24) is 10.3 Å². The summed E-state index contributed by atoms with van der Waals surface area (Å²) in [6, 6.07) is 23.5. The van der Waals surface area contributed by atoms with Crippen LogP contribution in [0.4, 0.5) is 0 Å². The largest absolute Gasteiger partial charge is 0.508 e. The Hall–Kier alpha value is -2.89. The van der Waals surface area contributed by atoms with Crippen LogP contribution in [-0.2, 0) is 13.0 Å². The standard InChI is InChI=1S/C22H20N2O2S/c25-18-9-5-17(6-10-18)15-23-14-13-16-7-11-19(12-8-16)26-22-24-20-3-1-2-4-21(20)27-22/h1-12,23,25H,13-15H2. The van der Waals surface area contributed by atoms with Crippen molar-refractivity contribution in [2.45, 2.75) is 13.0 Å². The molecular weight excluding hydrogens is 356 g/mol. The number of nitrogens with zero attached hydrogens (tertiary/aromatic N) is 1. The van der Waals surface area contributed by atoms with Crippen LogP contribution >= 0.6 is 11.3 Å². The molecule has 4 rings (SSSR count). The SMILES string of the molecule is Oc1ccc(CNCCc2ccc(Oc3nc4ccccc4s3)cc2)cc1. The fraction of sp³-hybridized carbons (Fsp3) is 0.136. The first-order chi connectivity index (χ1) is 13.3. The molecule has 1 aromatic heterocycles. The highest BCUT2D eigenvalue weighted by molar-refractivity contribution is 7.20. The molecule has 0 fully saturated rings. The summed E-state index contributed by atoms with van der Waals surface area (Å²) in [5, 5.41) is 13.4. The smallest absolute Gasteiger partial charge is 0.279 e. The van der Waals surface area contributed by atoms with Gasteiger partial charge in [-0.05, 0) is 60.5 Å². The highest BCUT2D eigenvalue weighted by Crippen LogP contribution is 2.31. The lowest BCUT2D eigenvalue weighted by atomic mass is 10.1. The zero-order valence-electron chi connectivity index (χ0n) is 14.8. The molecule has 0 radical (unpaired) electrons. The van der Waals surface area contributed by atoms with E-state index in [-0.39, 0.29) is 0 Å². The van der Waals surface area contributed by atoms with E-state index in [0.717, 1.165) is 41.0 Å². The lowest BCUT2D eigenvalue weighted by molar-refractivity contribution is 0.475. The molecule has 0 saturated carbocycles. The maximum atomic E-state index is 9.30. The van der Waals surface area contributed by atoms with E-state index >= 15 is 0 Å². The summed E-state index contributed by atoms with van der Waals surface area (Å²) in [7, 11) is 0. The topological polar surface area (TPSA) is 54.4 Å². The minimum Gasteiger partial charge on any atom is -0.508 e. The maximum Gasteiger partial charge on any atom is 0.279 e. The Morgan fingerprint density at radius 3 is 2.41 bits per heavy atom. The van der Waals surface area contributed by atoms with Crippen LogP contribution in [0.1, 0.15) is 11.1 Å². The fourth-order valence-corrected chi connectivity index (χ4v) is 3.63. The lowest BCUT2D eigenvalue weighted by Gasteiger charge is -2.06. The van der Waals surface area contributed by atoms with Crippen LogP contribution in [0.25, 0.3) is 10.2 Å². The number of aromatic hydroxyl groups is 1. The fourth-order valence-electron chi connectivity index (χ4n) is 2.80. The third kappa shape index (κ3) is 4.64. The molecule has 4 aromatic rings. The van der Waals surface area contributed by atoms with Crippen LogP contribution in [0.2, 0.25) is 0 Å². The number of para-hydroxylation sites is 1. The van der Waals surface area contributed by atoms with Crippen LogP contribution in [0.3, 0.4) is 0 Å². The molecule has 136 valence electrons. The zero-order chi connectivity index (χ0) is 18.5. The van der Waals surface area contributed by atoms with E-state index in [4.69, 9.17) is 4.74 Å². The van der Waals surface area contributed by atoms with Gasteiger partial charge in [0, 0.05) is 6.54 Å². The molecule has 27 heavy (non-hydrogen) atoms. The maximum absolute atomic E-state index is 9.30. The highest BCUT2D eigenvalue weighted by atomic mass is 32.1. The van der Waals surface area contributed by atoms with Gasteiger partial charge >= 0.3 is 0 Å². The summed E-state index contributed by atoms with van der Waals surface area (Å²) in [5.41, 5.74) is 3.38. The first-order valence-corrected chi connectivity index (χ1v) is 9.69. The van der Waals surface area contributed by atoms with Crippen molar-refractivity contribution >= 4 is 21.6 Å². The lowest BCUT2D eigenvalue weighted by Crippen LogP contribution is -2.16. The molecule has 4 nitrogen and oxygen atoms in total. The van der Waals surface area contributed by atoms with Gasteiger partial charge in [-0.25, -0.2) is 4.98 Å². The predicted molar refractivity (Wildman–Crippen MR) is 110 cm³/mol. The number of ether oxygens (including phenoxy) is 1. The Labute approximate surface area is 162 Å². The number of fused-ring (bicyclic) bond motifs is 1. The second-order valence-corrected chi connectivity index (χ2v) is 7.28. The average molecular weight is 376 g/mol. The molecule has 0 unspecified atom stereocenters. The van der Waals surface area contributed by atoms with E-state index in [1.54, 1.807) is 23.5 Å². The summed E-state index contributed by atoms with van der Waals surface area (Å²) < 4.78 is 7.01. The number of hydrogen-bond donors (Lipinski definition) is 2. The molecule has 0 atom stereocenters. The molecule has 0 aliphatic carbocycles. The van der Waals surface area contributed by atoms with Gasteiger partial charge in [0.05, 0.1) is 10.2 Å². The Kier molecular flexibility index (Phi) is 5.32. The van der Waals surface area contributed by atoms with E-state index in [2.05, 4.69) is 22.4 Å². The summed E-state index contributed by atoms with van der Waals surface area (Å²) in [4.78, 5) is 4.50. The van der Waals surface area contributed by atoms with Crippen molar-refractivity contribution in [3.05, 3.63) is 83.9 Å². The Balaban J connectivity index is 1.27. The van der Waals surface area contributed by atoms with Crippen LogP contribution in [0, 0.1) is 0 Å². The molecule has 0 spiro atoms. The summed E-state index contributed by atoms with van der Waals surface area (Å²) in [6.45, 7) is 1.68. The van der Waals surface area contributed by atoms with Gasteiger partial charge in [-0.15, -0.1) is 0 Å². The normalized spacial score (nSPS) is 11.0. The van der Waals surface area contributed by atoms with Crippen molar-refractivity contribution in [3.8, 4) is 16.7 Å². The van der Waals surface area contributed by atoms with Gasteiger partial charge in [0.15, 0.2) is 0 Å². The van der Waals surface area contributed by atoms with Crippen molar-refractivity contribution in [1.29, 1.82) is 0 Å². The molecule has 0 saturated heterocycles. The molecule has 2 N–H and O–H groups in total. The minimum absolute atomic E-state index is 0.298. The van der Waals surface area contributed by atoms with Crippen LogP contribution in [0.5, 0.6) is 16.7 Å². The number of hydrogen-bond acceptors (Lipinski definition) is 5. The third-order valence-corrected chi connectivity index (χ3v) is 5.17. The van der Waals surface area contributed by atoms with E-state index in [0.29, 0.717) is 10.9 Å². The van der Waals surface area contributed by atoms with E-state index in [1.807, 2.05) is 48.5 Å². The Morgan fingerprint density at radius 1 is 0.889 bits per heavy atom. The second-order valence-electron chi connectivity index (χ2n) is 6.29. The molecule has 0 aliphatic heterocycles. The predicted octanol–water partition coefficient (Wildman–Crippen LogP) is 5.13. The molecule has 5 heteroatoms. The summed E-state index contributed by atoms with van der Waals surface area (Å²) in [6.07, 6.45) is 0.944. The molecule has 0 aliphatic rings. The van der Waals surface area contributed by atoms with Gasteiger partial charge < -0.3 is 15.2 Å². The number of phenols is 1. The van der Waals surface area contributed by atoms with Crippen molar-refractivity contribution < 1.29 is 9.84 Å². The first-order valence-electron chi connectivity index (χ1n) is 8.87. The van der Waals surface area contributed by atoms with Crippen molar-refractivity contribution in [3.63, 3.8) is 0 Å². The average Bonchev–Trinajstić information content (AvgIpc) is 3.10. The Bertz CT molecular complexity index is 978. The van der Waals surface area contributed by atoms with E-state index < -0.39 is 0 Å². The number of benzene rings is 3. The summed E-state index contributed by atoms with van der Waals surface area (Å²) in [5.74, 6) is 1.10. The second kappa shape index (κ2) is 8.20. The minimum atomic E-state index is 0.298. The van der Waals surface area contributed by atoms with Crippen molar-refractivity contribution in [2.24, 2.45) is 0 Å². The molecule has 1 heterocycles. The van der Waals surface area contributed by atoms with Gasteiger partial charge in [0.1, 0.15) is 11.5 Å². The van der Waals surface area contributed by atoms with Crippen LogP contribution in [-0.4, -0.2) is 16.6 Å². The zero-order valence-corrected chi connectivity index (χ0v) is 15.6. The Morgan fingerprint density at radius 2 is 1.63 bits per heavy atom. The van der Waals surface area contributed by atoms with Gasteiger partial charge in [-0.3, -0.25) is 0 Å². The van der Waals surface area contributed by atoms with Gasteiger partial charge in [0.2, 0.25) is 0 Å². The number of phenolic OH excluding ortho intramolecular Hbond substituents is 1. The molecule has 3 aromatic carbocycles. The quantitative estimate of drug-likeness (QED) is 0.439. The number of aromatic nitrogens is 1. The highest BCUT2D eigenvalue weighted by Gasteiger charge is 2.05. The third-order valence-electron chi connectivity index (χ3n) is 4.26. The van der Waals surface area contributed by atoms with Crippen molar-refractivity contribution in [2.75, 3.05) is 6.54 Å². The molecular formula is C22H20N2O2S. The van der Waals surface area contributed by atoms with Gasteiger partial charge in [-0.2, -0.15) is 0 Å². The van der Waals surface area contributed by atoms with Gasteiger partial charge in [-0.1, -0.05) is 47.7 Å². The monoisotopic (exact) mass is 376 g/mol. The number of nitrogens with one attached hydrogen (secondary N) is 1. The van der Waals surface area contributed by atoms with Crippen LogP contribution in [0.15, 0.2) is 72.8 Å². The first kappa shape index (κ1) is 17.5. The molecule has 0 amide bonds.